The lowest BCUT2D eigenvalue weighted by Crippen LogP contribution is -2.03. The lowest BCUT2D eigenvalue weighted by Gasteiger charge is -2.16. The van der Waals surface area contributed by atoms with Crippen LogP contribution in [0.4, 0.5) is 0 Å². The monoisotopic (exact) mass is 622 g/mol. The molecule has 0 bridgehead atoms. The highest BCUT2D eigenvalue weighted by atomic mass is 79.9. The van der Waals surface area contributed by atoms with Crippen molar-refractivity contribution in [2.24, 2.45) is 0 Å². The molecule has 0 aromatic heterocycles. The van der Waals surface area contributed by atoms with Crippen LogP contribution in [0.25, 0.3) is 0 Å². The number of phenols is 1. The molecule has 2 aliphatic rings. The van der Waals surface area contributed by atoms with Gasteiger partial charge < -0.3 is 9.84 Å². The molecule has 0 radical (unpaired) electrons. The van der Waals surface area contributed by atoms with E-state index in [0.29, 0.717) is 11.2 Å². The van der Waals surface area contributed by atoms with Crippen molar-refractivity contribution in [2.75, 3.05) is 7.11 Å². The van der Waals surface area contributed by atoms with E-state index in [1.54, 1.807) is 7.11 Å². The van der Waals surface area contributed by atoms with Gasteiger partial charge in [-0.05, 0) is 92.6 Å². The van der Waals surface area contributed by atoms with Crippen molar-refractivity contribution in [1.82, 2.24) is 0 Å². The maximum atomic E-state index is 9.83. The van der Waals surface area contributed by atoms with Crippen LogP contribution in [0.1, 0.15) is 50.7 Å². The van der Waals surface area contributed by atoms with Crippen LogP contribution < -0.4 is 4.74 Å². The second-order valence-electron chi connectivity index (χ2n) is 7.87. The average Bonchev–Trinajstić information content (AvgIpc) is 3.51. The van der Waals surface area contributed by atoms with Gasteiger partial charge in [0.1, 0.15) is 11.5 Å². The molecule has 4 rings (SSSR count). The highest BCUT2D eigenvalue weighted by molar-refractivity contribution is 9.11. The zero-order valence-corrected chi connectivity index (χ0v) is 21.8. The molecule has 146 valence electrons. The molecule has 0 unspecified atom stereocenters. The summed E-state index contributed by atoms with van der Waals surface area (Å²) in [6, 6.07) is 8.06. The number of halogens is 4. The second kappa shape index (κ2) is 8.00. The van der Waals surface area contributed by atoms with Gasteiger partial charge in [-0.15, -0.1) is 0 Å². The summed E-state index contributed by atoms with van der Waals surface area (Å²) < 4.78 is 9.34. The summed E-state index contributed by atoms with van der Waals surface area (Å²) in [6.07, 6.45) is 4.85. The maximum absolute atomic E-state index is 9.83. The first kappa shape index (κ1) is 21.7. The number of phenolic OH excluding ortho intramolecular Hbond substituents is 1. The lowest BCUT2D eigenvalue weighted by molar-refractivity contribution is 0.402. The van der Waals surface area contributed by atoms with E-state index in [1.165, 1.54) is 31.2 Å². The van der Waals surface area contributed by atoms with E-state index in [1.807, 2.05) is 18.2 Å². The molecule has 0 heterocycles. The van der Waals surface area contributed by atoms with Crippen LogP contribution in [0.5, 0.6) is 11.5 Å². The van der Waals surface area contributed by atoms with E-state index < -0.39 is 0 Å². The minimum Gasteiger partial charge on any atom is -0.506 e. The summed E-state index contributed by atoms with van der Waals surface area (Å²) in [4.78, 5) is 0. The summed E-state index contributed by atoms with van der Waals surface area (Å²) >= 11 is 13.8. The molecule has 2 aromatic rings. The summed E-state index contributed by atoms with van der Waals surface area (Å²) in [5.74, 6) is 1.37. The highest BCUT2D eigenvalue weighted by Gasteiger charge is 2.42. The molecule has 6 heteroatoms. The lowest BCUT2D eigenvalue weighted by atomic mass is 9.97. The third-order valence-corrected chi connectivity index (χ3v) is 7.65. The number of hydrogen-bond donors (Lipinski definition) is 1. The predicted molar refractivity (Wildman–Crippen MR) is 125 cm³/mol. The van der Waals surface area contributed by atoms with Crippen molar-refractivity contribution in [1.29, 1.82) is 0 Å². The normalized spacial score (nSPS) is 18.3. The Labute approximate surface area is 194 Å². The Kier molecular flexibility index (Phi) is 6.42. The van der Waals surface area contributed by atoms with Gasteiger partial charge in [0.2, 0.25) is 0 Å². The Hall–Kier alpha value is -0.0400. The zero-order valence-electron chi connectivity index (χ0n) is 15.5. The van der Waals surface area contributed by atoms with E-state index in [4.69, 9.17) is 4.74 Å². The van der Waals surface area contributed by atoms with Gasteiger partial charge in [0.05, 0.1) is 16.1 Å². The summed E-state index contributed by atoms with van der Waals surface area (Å²) in [5, 5.41) is 9.83. The third-order valence-electron chi connectivity index (χ3n) is 5.54. The number of benzene rings is 2. The van der Waals surface area contributed by atoms with Crippen LogP contribution in [0, 0.1) is 0 Å². The second-order valence-corrected chi connectivity index (χ2v) is 11.4. The van der Waals surface area contributed by atoms with E-state index in [2.05, 4.69) is 83.6 Å². The first-order valence-corrected chi connectivity index (χ1v) is 12.0. The molecule has 2 aliphatic carbocycles. The molecule has 2 aromatic carbocycles. The molecule has 2 saturated carbocycles. The summed E-state index contributed by atoms with van der Waals surface area (Å²) in [5.41, 5.74) is 2.89. The van der Waals surface area contributed by atoms with Crippen LogP contribution in [0.2, 0.25) is 0 Å². The molecule has 2 fully saturated rings. The SMILES string of the molecule is CC1(c2cc(Br)cc(Br)c2O)CC1.COc1c(Br)cc(Br)cc1C1(C)CC1. The summed E-state index contributed by atoms with van der Waals surface area (Å²) in [6.45, 7) is 4.46. The Morgan fingerprint density at radius 2 is 1.22 bits per heavy atom. The smallest absolute Gasteiger partial charge is 0.136 e. The molecule has 0 spiro atoms. The van der Waals surface area contributed by atoms with E-state index in [-0.39, 0.29) is 5.41 Å². The standard InChI is InChI=1S/C11H12Br2O.C10H10Br2O/c1-11(3-4-11)8-5-7(12)6-9(13)10(8)14-2;1-10(2-3-10)7-4-6(11)5-8(12)9(7)13/h5-6H,3-4H2,1-2H3;4-5,13H,2-3H2,1H3. The van der Waals surface area contributed by atoms with Crippen LogP contribution in [0.15, 0.2) is 42.2 Å². The van der Waals surface area contributed by atoms with Crippen molar-refractivity contribution in [3.05, 3.63) is 53.3 Å². The summed E-state index contributed by atoms with van der Waals surface area (Å²) in [7, 11) is 1.73. The van der Waals surface area contributed by atoms with E-state index >= 15 is 0 Å². The van der Waals surface area contributed by atoms with Crippen molar-refractivity contribution < 1.29 is 9.84 Å². The van der Waals surface area contributed by atoms with Gasteiger partial charge >= 0.3 is 0 Å². The molecule has 0 atom stereocenters. The third kappa shape index (κ3) is 4.76. The molecule has 0 saturated heterocycles. The first-order chi connectivity index (χ1) is 12.6. The number of rotatable bonds is 3. The first-order valence-electron chi connectivity index (χ1n) is 8.82. The Bertz CT molecular complexity index is 871. The molecule has 0 amide bonds. The maximum Gasteiger partial charge on any atom is 0.136 e. The zero-order chi connectivity index (χ0) is 20.0. The minimum atomic E-state index is 0.205. The number of aromatic hydroxyl groups is 1. The molecule has 1 N–H and O–H groups in total. The van der Waals surface area contributed by atoms with Crippen LogP contribution in [-0.2, 0) is 10.8 Å². The molecule has 2 nitrogen and oxygen atoms in total. The van der Waals surface area contributed by atoms with Gasteiger partial charge in [0.25, 0.3) is 0 Å². The van der Waals surface area contributed by atoms with Crippen LogP contribution >= 0.6 is 63.7 Å². The molecule has 27 heavy (non-hydrogen) atoms. The van der Waals surface area contributed by atoms with Gasteiger partial charge in [-0.25, -0.2) is 0 Å². The van der Waals surface area contributed by atoms with Crippen molar-refractivity contribution in [2.45, 2.75) is 50.4 Å². The van der Waals surface area contributed by atoms with E-state index in [9.17, 15) is 5.11 Å². The number of methoxy groups -OCH3 is 1. The fourth-order valence-electron chi connectivity index (χ4n) is 3.16. The fraction of sp³-hybridized carbons (Fsp3) is 0.429. The predicted octanol–water partition coefficient (Wildman–Crippen LogP) is 8.24. The van der Waals surface area contributed by atoms with Crippen molar-refractivity contribution in [3.63, 3.8) is 0 Å². The number of ether oxygens (including phenoxy) is 1. The van der Waals surface area contributed by atoms with Crippen LogP contribution in [-0.4, -0.2) is 12.2 Å². The van der Waals surface area contributed by atoms with Crippen molar-refractivity contribution in [3.8, 4) is 11.5 Å². The molecular formula is C21H22Br4O2. The van der Waals surface area contributed by atoms with E-state index in [0.717, 1.165) is 29.2 Å². The van der Waals surface area contributed by atoms with Gasteiger partial charge in [-0.3, -0.25) is 0 Å². The van der Waals surface area contributed by atoms with Gasteiger partial charge in [-0.1, -0.05) is 45.7 Å². The molecule has 0 aliphatic heterocycles. The largest absolute Gasteiger partial charge is 0.506 e. The molecular weight excluding hydrogens is 604 g/mol. The van der Waals surface area contributed by atoms with Crippen molar-refractivity contribution >= 4 is 63.7 Å². The Morgan fingerprint density at radius 3 is 1.70 bits per heavy atom. The average molecular weight is 626 g/mol. The highest BCUT2D eigenvalue weighted by Crippen LogP contribution is 2.53. The minimum absolute atomic E-state index is 0.205. The van der Waals surface area contributed by atoms with Gasteiger partial charge in [-0.2, -0.15) is 0 Å². The number of hydrogen-bond acceptors (Lipinski definition) is 2. The quantitative estimate of drug-likeness (QED) is 0.372. The van der Waals surface area contributed by atoms with Gasteiger partial charge in [0, 0.05) is 20.1 Å². The Morgan fingerprint density at radius 1 is 0.778 bits per heavy atom. The fourth-order valence-corrected chi connectivity index (χ4v) is 5.77. The topological polar surface area (TPSA) is 29.5 Å². The van der Waals surface area contributed by atoms with Gasteiger partial charge in [0.15, 0.2) is 0 Å². The Balaban J connectivity index is 0.000000156. The van der Waals surface area contributed by atoms with Crippen LogP contribution in [0.3, 0.4) is 0 Å².